The molecule has 1 amide bonds. The average molecular weight is 408 g/mol. The summed E-state index contributed by atoms with van der Waals surface area (Å²) in [6.07, 6.45) is -0.286. The van der Waals surface area contributed by atoms with Crippen LogP contribution in [0.15, 0.2) is 18.3 Å². The Morgan fingerprint density at radius 1 is 1.17 bits per heavy atom. The lowest BCUT2D eigenvalue weighted by molar-refractivity contribution is -0.141. The van der Waals surface area contributed by atoms with Crippen molar-refractivity contribution in [1.29, 1.82) is 0 Å². The molecule has 158 valence electrons. The van der Waals surface area contributed by atoms with Crippen molar-refractivity contribution in [3.8, 4) is 0 Å². The number of rotatable bonds is 2. The number of nitrogens with one attached hydrogen (secondary N) is 1. The topological polar surface area (TPSA) is 49.6 Å². The minimum Gasteiger partial charge on any atom is -0.338 e. The molecule has 0 radical (unpaired) electrons. The number of amides is 1. The van der Waals surface area contributed by atoms with Gasteiger partial charge in [0.15, 0.2) is 5.69 Å². The predicted molar refractivity (Wildman–Crippen MR) is 104 cm³/mol. The van der Waals surface area contributed by atoms with Crippen molar-refractivity contribution in [2.45, 2.75) is 45.2 Å². The van der Waals surface area contributed by atoms with Crippen molar-refractivity contribution in [3.05, 3.63) is 35.2 Å². The van der Waals surface area contributed by atoms with Gasteiger partial charge in [-0.05, 0) is 67.8 Å². The molecule has 4 heterocycles. The summed E-state index contributed by atoms with van der Waals surface area (Å²) in [6, 6.07) is 3.57. The third-order valence-corrected chi connectivity index (χ3v) is 6.11. The third-order valence-electron chi connectivity index (χ3n) is 6.11. The average Bonchev–Trinajstić information content (AvgIpc) is 3.06. The lowest BCUT2D eigenvalue weighted by Crippen LogP contribution is -2.43. The summed E-state index contributed by atoms with van der Waals surface area (Å²) in [5.41, 5.74) is -0.170. The van der Waals surface area contributed by atoms with E-state index < -0.39 is 17.8 Å². The minimum atomic E-state index is -4.68. The first-order valence-corrected chi connectivity index (χ1v) is 10.3. The molecule has 2 aliphatic rings. The van der Waals surface area contributed by atoms with E-state index in [1.165, 1.54) is 4.52 Å². The summed E-state index contributed by atoms with van der Waals surface area (Å²) < 4.78 is 42.5. The van der Waals surface area contributed by atoms with Gasteiger partial charge >= 0.3 is 6.18 Å². The Labute approximate surface area is 168 Å². The molecule has 2 aliphatic heterocycles. The van der Waals surface area contributed by atoms with E-state index in [-0.39, 0.29) is 28.8 Å². The van der Waals surface area contributed by atoms with Crippen LogP contribution in [0.4, 0.5) is 13.2 Å². The maximum Gasteiger partial charge on any atom is 0.436 e. The van der Waals surface area contributed by atoms with Crippen molar-refractivity contribution in [2.24, 2.45) is 11.8 Å². The molecule has 29 heavy (non-hydrogen) atoms. The number of alkyl halides is 3. The number of carbonyl (C=O) groups is 1. The second-order valence-corrected chi connectivity index (χ2v) is 8.69. The Hall–Kier alpha value is -2.09. The first-order chi connectivity index (χ1) is 13.7. The van der Waals surface area contributed by atoms with E-state index in [4.69, 9.17) is 0 Å². The highest BCUT2D eigenvalue weighted by molar-refractivity contribution is 6.02. The van der Waals surface area contributed by atoms with E-state index in [0.717, 1.165) is 37.9 Å². The molecule has 0 bridgehead atoms. The maximum absolute atomic E-state index is 13.8. The Morgan fingerprint density at radius 2 is 1.83 bits per heavy atom. The first kappa shape index (κ1) is 20.2. The van der Waals surface area contributed by atoms with Gasteiger partial charge in [0.05, 0.1) is 11.1 Å². The van der Waals surface area contributed by atoms with Crippen molar-refractivity contribution >= 4 is 11.4 Å². The number of likely N-dealkylation sites (tertiary alicyclic amines) is 1. The monoisotopic (exact) mass is 408 g/mol. The van der Waals surface area contributed by atoms with Gasteiger partial charge in [0.2, 0.25) is 0 Å². The van der Waals surface area contributed by atoms with Crippen molar-refractivity contribution in [1.82, 2.24) is 19.8 Å². The van der Waals surface area contributed by atoms with Gasteiger partial charge in [-0.15, -0.1) is 0 Å². The number of nitrogens with zero attached hydrogens (tertiary/aromatic N) is 3. The highest BCUT2D eigenvalue weighted by Gasteiger charge is 2.42. The molecule has 5 nitrogen and oxygen atoms in total. The van der Waals surface area contributed by atoms with Gasteiger partial charge in [-0.1, -0.05) is 13.8 Å². The van der Waals surface area contributed by atoms with Crippen LogP contribution >= 0.6 is 0 Å². The molecule has 2 aromatic heterocycles. The number of hydrogen-bond donors (Lipinski definition) is 1. The highest BCUT2D eigenvalue weighted by Crippen LogP contribution is 2.36. The van der Waals surface area contributed by atoms with Crippen molar-refractivity contribution < 1.29 is 18.0 Å². The Bertz CT molecular complexity index is 891. The third kappa shape index (κ3) is 3.99. The normalized spacial score (nSPS) is 24.2. The van der Waals surface area contributed by atoms with Crippen LogP contribution in [0.5, 0.6) is 0 Å². The van der Waals surface area contributed by atoms with Gasteiger partial charge in [0, 0.05) is 19.3 Å². The van der Waals surface area contributed by atoms with Gasteiger partial charge in [0.1, 0.15) is 0 Å². The van der Waals surface area contributed by atoms with E-state index in [9.17, 15) is 18.0 Å². The van der Waals surface area contributed by atoms with Gasteiger partial charge in [-0.3, -0.25) is 4.79 Å². The molecule has 2 fully saturated rings. The van der Waals surface area contributed by atoms with Crippen LogP contribution in [0, 0.1) is 11.8 Å². The molecule has 2 aromatic rings. The van der Waals surface area contributed by atoms with Gasteiger partial charge in [-0.2, -0.15) is 18.3 Å². The fraction of sp³-hybridized carbons (Fsp3) is 0.619. The van der Waals surface area contributed by atoms with E-state index in [2.05, 4.69) is 10.4 Å². The van der Waals surface area contributed by atoms with Crippen LogP contribution in [0.1, 0.15) is 60.6 Å². The second-order valence-electron chi connectivity index (χ2n) is 8.69. The van der Waals surface area contributed by atoms with Crippen molar-refractivity contribution in [3.63, 3.8) is 0 Å². The molecule has 0 saturated carbocycles. The van der Waals surface area contributed by atoms with E-state index >= 15 is 0 Å². The number of halogens is 3. The highest BCUT2D eigenvalue weighted by atomic mass is 19.4. The molecular formula is C21H27F3N4O. The number of fused-ring (bicyclic) bond motifs is 1. The zero-order valence-corrected chi connectivity index (χ0v) is 16.8. The molecule has 0 aromatic carbocycles. The molecule has 2 unspecified atom stereocenters. The molecule has 0 aliphatic carbocycles. The maximum atomic E-state index is 13.8. The molecule has 1 N–H and O–H groups in total. The van der Waals surface area contributed by atoms with Gasteiger partial charge in [0.25, 0.3) is 5.91 Å². The number of pyridine rings is 1. The van der Waals surface area contributed by atoms with Crippen LogP contribution in [-0.2, 0) is 6.18 Å². The Balaban J connectivity index is 1.79. The standard InChI is InChI=1S/C21H27F3N4O/c1-13-9-14(2)12-27(11-13)20(29)18-17-10-16(15-3-6-25-7-4-15)5-8-28(17)26-19(18)21(22,23)24/h5,8,10,13-15,25H,3-4,6-7,9,11-12H2,1-2H3. The molecule has 4 rings (SSSR count). The SMILES string of the molecule is CC1CC(C)CN(C(=O)c2c(C(F)(F)F)nn3ccc(C4CCNCC4)cc23)C1. The first-order valence-electron chi connectivity index (χ1n) is 10.3. The lowest BCUT2D eigenvalue weighted by Gasteiger charge is -2.35. The largest absolute Gasteiger partial charge is 0.436 e. The molecule has 2 atom stereocenters. The minimum absolute atomic E-state index is 0.254. The Morgan fingerprint density at radius 3 is 2.45 bits per heavy atom. The van der Waals surface area contributed by atoms with Crippen LogP contribution in [0.2, 0.25) is 0 Å². The molecule has 8 heteroatoms. The van der Waals surface area contributed by atoms with E-state index in [0.29, 0.717) is 13.1 Å². The number of piperidine rings is 2. The number of aromatic nitrogens is 2. The summed E-state index contributed by atoms with van der Waals surface area (Å²) in [6.45, 7) is 6.80. The quantitative estimate of drug-likeness (QED) is 0.819. The van der Waals surface area contributed by atoms with Crippen LogP contribution in [0.3, 0.4) is 0 Å². The molecular weight excluding hydrogens is 381 g/mol. The lowest BCUT2D eigenvalue weighted by atomic mass is 9.90. The van der Waals surface area contributed by atoms with E-state index in [1.807, 2.05) is 19.9 Å². The van der Waals surface area contributed by atoms with Crippen molar-refractivity contribution in [2.75, 3.05) is 26.2 Å². The zero-order valence-electron chi connectivity index (χ0n) is 16.8. The summed E-state index contributed by atoms with van der Waals surface area (Å²) in [5, 5.41) is 7.06. The number of hydrogen-bond acceptors (Lipinski definition) is 3. The van der Waals surface area contributed by atoms with Gasteiger partial charge in [-0.25, -0.2) is 4.52 Å². The second kappa shape index (κ2) is 7.63. The summed E-state index contributed by atoms with van der Waals surface area (Å²) in [5.74, 6) is 0.255. The van der Waals surface area contributed by atoms with E-state index in [1.54, 1.807) is 17.2 Å². The van der Waals surface area contributed by atoms with Crippen LogP contribution in [0.25, 0.3) is 5.52 Å². The molecule has 2 saturated heterocycles. The summed E-state index contributed by atoms with van der Waals surface area (Å²) in [4.78, 5) is 14.9. The van der Waals surface area contributed by atoms with Gasteiger partial charge < -0.3 is 10.2 Å². The summed E-state index contributed by atoms with van der Waals surface area (Å²) in [7, 11) is 0. The van der Waals surface area contributed by atoms with Crippen LogP contribution in [-0.4, -0.2) is 46.6 Å². The van der Waals surface area contributed by atoms with Crippen LogP contribution < -0.4 is 5.32 Å². The fourth-order valence-corrected chi connectivity index (χ4v) is 4.87. The number of carbonyl (C=O) groups excluding carboxylic acids is 1. The Kier molecular flexibility index (Phi) is 5.31. The predicted octanol–water partition coefficient (Wildman–Crippen LogP) is 3.94. The summed E-state index contributed by atoms with van der Waals surface area (Å²) >= 11 is 0. The fourth-order valence-electron chi connectivity index (χ4n) is 4.87. The molecule has 0 spiro atoms. The smallest absolute Gasteiger partial charge is 0.338 e. The zero-order chi connectivity index (χ0) is 20.8.